The van der Waals surface area contributed by atoms with E-state index in [0.29, 0.717) is 36.7 Å². The molecular weight excluding hydrogens is 648 g/mol. The molecule has 5 amide bonds. The van der Waals surface area contributed by atoms with E-state index in [2.05, 4.69) is 15.6 Å². The summed E-state index contributed by atoms with van der Waals surface area (Å²) in [7, 11) is 0. The van der Waals surface area contributed by atoms with Crippen molar-refractivity contribution in [2.24, 2.45) is 0 Å². The molecule has 0 bridgehead atoms. The highest BCUT2D eigenvalue weighted by molar-refractivity contribution is 5.99. The molecule has 3 heterocycles. The maximum atomic E-state index is 13.7. The van der Waals surface area contributed by atoms with E-state index in [4.69, 9.17) is 9.47 Å². The largest absolute Gasteiger partial charge is 0.483 e. The number of hydrogen-bond acceptors (Lipinski definition) is 9. The van der Waals surface area contributed by atoms with Gasteiger partial charge in [0, 0.05) is 56.6 Å². The zero-order valence-electron chi connectivity index (χ0n) is 28.7. The maximum absolute atomic E-state index is 13.7. The molecule has 1 saturated carbocycles. The molecule has 15 heteroatoms. The molecule has 50 heavy (non-hydrogen) atoms. The van der Waals surface area contributed by atoms with Gasteiger partial charge in [0.15, 0.2) is 6.61 Å². The smallest absolute Gasteiger partial charge is 0.409 e. The average molecular weight is 695 g/mol. The Hall–Kier alpha value is -4.95. The van der Waals surface area contributed by atoms with Gasteiger partial charge in [0.05, 0.1) is 12.1 Å². The highest BCUT2D eigenvalue weighted by Crippen LogP contribution is 2.28. The minimum absolute atomic E-state index is 0.0765. The first-order chi connectivity index (χ1) is 24.1. The number of piperazine rings is 1. The van der Waals surface area contributed by atoms with Gasteiger partial charge in [-0.2, -0.15) is 0 Å². The summed E-state index contributed by atoms with van der Waals surface area (Å²) in [5.74, 6) is -2.57. The number of aryl methyl sites for hydroxylation is 1. The minimum atomic E-state index is -1.17. The van der Waals surface area contributed by atoms with Crippen molar-refractivity contribution in [2.75, 3.05) is 45.9 Å². The van der Waals surface area contributed by atoms with Crippen molar-refractivity contribution >= 4 is 46.6 Å². The summed E-state index contributed by atoms with van der Waals surface area (Å²) in [4.78, 5) is 86.2. The molecular formula is C35H46N6O9. The van der Waals surface area contributed by atoms with Gasteiger partial charge in [-0.05, 0) is 69.6 Å². The average Bonchev–Trinajstić information content (AvgIpc) is 3.60. The van der Waals surface area contributed by atoms with Crippen LogP contribution in [0, 0.1) is 0 Å². The normalized spacial score (nSPS) is 18.3. The number of likely N-dealkylation sites (tertiary alicyclic amines) is 1. The van der Waals surface area contributed by atoms with Crippen LogP contribution < -0.4 is 15.4 Å². The summed E-state index contributed by atoms with van der Waals surface area (Å²) >= 11 is 0. The predicted molar refractivity (Wildman–Crippen MR) is 180 cm³/mol. The Morgan fingerprint density at radius 2 is 1.70 bits per heavy atom. The first kappa shape index (κ1) is 36.3. The van der Waals surface area contributed by atoms with E-state index < -0.39 is 36.0 Å². The minimum Gasteiger partial charge on any atom is -0.483 e. The van der Waals surface area contributed by atoms with Gasteiger partial charge in [0.25, 0.3) is 11.8 Å². The fourth-order valence-corrected chi connectivity index (χ4v) is 6.41. The number of carboxylic acid groups (broad SMARTS) is 1. The summed E-state index contributed by atoms with van der Waals surface area (Å²) in [6.45, 7) is 4.85. The molecule has 270 valence electrons. The molecule has 15 nitrogen and oxygen atoms in total. The number of carbonyl (C=O) groups excluding carboxylic acids is 5. The lowest BCUT2D eigenvalue weighted by molar-refractivity contribution is -0.140. The third kappa shape index (κ3) is 8.79. The predicted octanol–water partition coefficient (Wildman–Crippen LogP) is 2.10. The Kier molecular flexibility index (Phi) is 12.1. The number of nitrogens with zero attached hydrogens (tertiary/aromatic N) is 4. The van der Waals surface area contributed by atoms with Crippen molar-refractivity contribution in [3.63, 3.8) is 0 Å². The monoisotopic (exact) mass is 694 g/mol. The van der Waals surface area contributed by atoms with Crippen molar-refractivity contribution in [3.8, 4) is 5.75 Å². The molecule has 1 aromatic carbocycles. The van der Waals surface area contributed by atoms with Gasteiger partial charge in [-0.3, -0.25) is 24.0 Å². The zero-order valence-corrected chi connectivity index (χ0v) is 28.7. The molecule has 1 aliphatic carbocycles. The van der Waals surface area contributed by atoms with Crippen LogP contribution in [0.2, 0.25) is 0 Å². The van der Waals surface area contributed by atoms with E-state index in [1.807, 2.05) is 25.1 Å². The maximum Gasteiger partial charge on any atom is 0.409 e. The third-order valence-electron chi connectivity index (χ3n) is 9.52. The standard InChI is InChI=1S/C35H46N6O9/c1-3-22-10-11-24-26(19-22)37-27(20-29(24)50-21-30(42)41-14-6-9-28(41)33(46)36-23-7-5-8-23)32(45)38-25(12-13-31(43)44)34(47)39-15-17-40(18-16-39)35(48)49-4-2/h10-11,19-20,23,25,28H,3-9,12-18,21H2,1-2H3,(H,36,46)(H,38,45)(H,43,44). The number of fused-ring (bicyclic) bond motifs is 1. The van der Waals surface area contributed by atoms with Gasteiger partial charge in [-0.1, -0.05) is 13.0 Å². The van der Waals surface area contributed by atoms with Crippen LogP contribution in [0.1, 0.15) is 74.8 Å². The molecule has 3 N–H and O–H groups in total. The molecule has 1 aromatic heterocycles. The van der Waals surface area contributed by atoms with Gasteiger partial charge in [0.2, 0.25) is 11.8 Å². The number of amides is 5. The number of aromatic nitrogens is 1. The number of ether oxygens (including phenoxy) is 2. The van der Waals surface area contributed by atoms with E-state index in [1.165, 1.54) is 15.9 Å². The molecule has 2 unspecified atom stereocenters. The Labute approximate surface area is 290 Å². The van der Waals surface area contributed by atoms with Crippen LogP contribution in [0.3, 0.4) is 0 Å². The van der Waals surface area contributed by atoms with Crippen LogP contribution in [0.25, 0.3) is 10.9 Å². The van der Waals surface area contributed by atoms with Crippen LogP contribution in [-0.4, -0.2) is 125 Å². The number of pyridine rings is 1. The molecule has 5 rings (SSSR count). The molecule has 2 atom stereocenters. The lowest BCUT2D eigenvalue weighted by Crippen LogP contribution is -2.56. The third-order valence-corrected chi connectivity index (χ3v) is 9.52. The van der Waals surface area contributed by atoms with Gasteiger partial charge >= 0.3 is 12.1 Å². The van der Waals surface area contributed by atoms with Crippen LogP contribution in [0.15, 0.2) is 24.3 Å². The highest BCUT2D eigenvalue weighted by atomic mass is 16.6. The van der Waals surface area contributed by atoms with Crippen LogP contribution in [-0.2, 0) is 30.3 Å². The number of nitrogens with one attached hydrogen (secondary N) is 2. The molecule has 3 fully saturated rings. The van der Waals surface area contributed by atoms with Crippen molar-refractivity contribution in [3.05, 3.63) is 35.5 Å². The Balaban J connectivity index is 1.31. The van der Waals surface area contributed by atoms with Crippen molar-refractivity contribution in [1.29, 1.82) is 0 Å². The molecule has 3 aliphatic rings. The van der Waals surface area contributed by atoms with E-state index in [1.54, 1.807) is 11.8 Å². The SMILES string of the molecule is CCOC(=O)N1CCN(C(=O)C(CCC(=O)O)NC(=O)c2cc(OCC(=O)N3CCCC3C(=O)NC3CCC3)c3ccc(CC)cc3n2)CC1. The summed E-state index contributed by atoms with van der Waals surface area (Å²) in [6.07, 6.45) is 3.98. The Morgan fingerprint density at radius 1 is 0.960 bits per heavy atom. The van der Waals surface area contributed by atoms with Gasteiger partial charge in [-0.25, -0.2) is 9.78 Å². The van der Waals surface area contributed by atoms with Crippen LogP contribution >= 0.6 is 0 Å². The van der Waals surface area contributed by atoms with Gasteiger partial charge in [-0.15, -0.1) is 0 Å². The second-order valence-electron chi connectivity index (χ2n) is 12.9. The Morgan fingerprint density at radius 3 is 2.36 bits per heavy atom. The molecule has 2 saturated heterocycles. The lowest BCUT2D eigenvalue weighted by Gasteiger charge is -2.35. The van der Waals surface area contributed by atoms with Crippen molar-refractivity contribution in [1.82, 2.24) is 30.3 Å². The number of carbonyl (C=O) groups is 6. The first-order valence-corrected chi connectivity index (χ1v) is 17.5. The summed E-state index contributed by atoms with van der Waals surface area (Å²) in [5.41, 5.74) is 1.33. The highest BCUT2D eigenvalue weighted by Gasteiger charge is 2.36. The van der Waals surface area contributed by atoms with E-state index >= 15 is 0 Å². The van der Waals surface area contributed by atoms with E-state index in [0.717, 1.165) is 24.8 Å². The topological polar surface area (TPSA) is 188 Å². The zero-order chi connectivity index (χ0) is 35.8. The summed E-state index contributed by atoms with van der Waals surface area (Å²) in [5, 5.41) is 15.6. The second-order valence-corrected chi connectivity index (χ2v) is 12.9. The number of rotatable bonds is 13. The Bertz CT molecular complexity index is 1600. The lowest BCUT2D eigenvalue weighted by atomic mass is 9.93. The second kappa shape index (κ2) is 16.6. The number of aliphatic carboxylic acids is 1. The van der Waals surface area contributed by atoms with Crippen molar-refractivity contribution < 1.29 is 43.3 Å². The summed E-state index contributed by atoms with van der Waals surface area (Å²) < 4.78 is 11.1. The summed E-state index contributed by atoms with van der Waals surface area (Å²) in [6, 6.07) is 5.37. The molecule has 2 aromatic rings. The molecule has 0 spiro atoms. The number of hydrogen-bond donors (Lipinski definition) is 3. The van der Waals surface area contributed by atoms with Gasteiger partial charge in [0.1, 0.15) is 23.5 Å². The molecule has 2 aliphatic heterocycles. The van der Waals surface area contributed by atoms with E-state index in [9.17, 15) is 33.9 Å². The van der Waals surface area contributed by atoms with Gasteiger partial charge < -0.3 is 39.9 Å². The number of benzene rings is 1. The van der Waals surface area contributed by atoms with Crippen LogP contribution in [0.4, 0.5) is 4.79 Å². The fourth-order valence-electron chi connectivity index (χ4n) is 6.41. The molecule has 0 radical (unpaired) electrons. The van der Waals surface area contributed by atoms with E-state index in [-0.39, 0.29) is 81.5 Å². The number of carboxylic acids is 1. The quantitative estimate of drug-likeness (QED) is 0.280. The van der Waals surface area contributed by atoms with Crippen molar-refractivity contribution in [2.45, 2.75) is 83.3 Å². The first-order valence-electron chi connectivity index (χ1n) is 17.5. The van der Waals surface area contributed by atoms with Crippen LogP contribution in [0.5, 0.6) is 5.75 Å². The fraction of sp³-hybridized carbons (Fsp3) is 0.571.